The fourth-order valence-electron chi connectivity index (χ4n) is 3.75. The van der Waals surface area contributed by atoms with Crippen molar-refractivity contribution in [2.75, 3.05) is 44.8 Å². The molecule has 190 valence electrons. The van der Waals surface area contributed by atoms with Gasteiger partial charge in [-0.2, -0.15) is 5.26 Å². The normalized spacial score (nSPS) is 13.9. The van der Waals surface area contributed by atoms with E-state index in [-0.39, 0.29) is 30.6 Å². The predicted molar refractivity (Wildman–Crippen MR) is 135 cm³/mol. The minimum atomic E-state index is -0.541. The fraction of sp³-hybridized carbons (Fsp3) is 0.308. The number of carbonyl (C=O) groups is 2. The predicted octanol–water partition coefficient (Wildman–Crippen LogP) is 2.17. The van der Waals surface area contributed by atoms with Crippen LogP contribution >= 0.6 is 0 Å². The molecule has 1 aliphatic rings. The highest BCUT2D eigenvalue weighted by Crippen LogP contribution is 2.24. The smallest absolute Gasteiger partial charge is 0.341 e. The number of morpholine rings is 1. The maximum absolute atomic E-state index is 12.6. The number of rotatable bonds is 8. The second-order valence-electron chi connectivity index (χ2n) is 8.23. The van der Waals surface area contributed by atoms with Crippen molar-refractivity contribution in [3.05, 3.63) is 71.2 Å². The molecular weight excluding hydrogens is 474 g/mol. The van der Waals surface area contributed by atoms with Crippen LogP contribution < -0.4 is 11.1 Å². The Morgan fingerprint density at radius 2 is 1.92 bits per heavy atom. The molecule has 3 heterocycles. The highest BCUT2D eigenvalue weighted by molar-refractivity contribution is 5.96. The Labute approximate surface area is 214 Å². The van der Waals surface area contributed by atoms with Crippen molar-refractivity contribution in [1.29, 1.82) is 5.26 Å². The molecular formula is C26H27N7O4. The molecule has 11 nitrogen and oxygen atoms in total. The largest absolute Gasteiger partial charge is 0.462 e. The number of hydrogen-bond donors (Lipinski definition) is 2. The van der Waals surface area contributed by atoms with Crippen molar-refractivity contribution in [3.8, 4) is 17.3 Å². The van der Waals surface area contributed by atoms with Crippen LogP contribution in [0.4, 0.5) is 5.95 Å². The van der Waals surface area contributed by atoms with E-state index in [9.17, 15) is 9.59 Å². The first-order chi connectivity index (χ1) is 18.0. The molecule has 11 heteroatoms. The topological polar surface area (TPSA) is 156 Å². The molecule has 1 aromatic carbocycles. The third-order valence-corrected chi connectivity index (χ3v) is 5.76. The molecule has 0 spiro atoms. The van der Waals surface area contributed by atoms with E-state index in [1.165, 1.54) is 12.4 Å². The van der Waals surface area contributed by atoms with Gasteiger partial charge in [0.05, 0.1) is 54.4 Å². The Morgan fingerprint density at radius 1 is 1.16 bits per heavy atom. The molecule has 1 fully saturated rings. The third kappa shape index (κ3) is 6.24. The Morgan fingerprint density at radius 3 is 2.57 bits per heavy atom. The van der Waals surface area contributed by atoms with Gasteiger partial charge in [0.15, 0.2) is 0 Å². The minimum Gasteiger partial charge on any atom is -0.462 e. The van der Waals surface area contributed by atoms with Gasteiger partial charge in [-0.25, -0.2) is 14.8 Å². The zero-order valence-electron chi connectivity index (χ0n) is 20.4. The van der Waals surface area contributed by atoms with Gasteiger partial charge in [0, 0.05) is 37.6 Å². The fourth-order valence-corrected chi connectivity index (χ4v) is 3.75. The Bertz CT molecular complexity index is 1280. The molecule has 4 rings (SSSR count). The van der Waals surface area contributed by atoms with Crippen molar-refractivity contribution < 1.29 is 19.1 Å². The Balaban J connectivity index is 1.46. The second-order valence-corrected chi connectivity index (χ2v) is 8.23. The molecule has 0 aliphatic carbocycles. The molecule has 3 aromatic rings. The van der Waals surface area contributed by atoms with Gasteiger partial charge in [-0.15, -0.1) is 0 Å². The van der Waals surface area contributed by atoms with Crippen LogP contribution in [0.2, 0.25) is 0 Å². The molecule has 0 radical (unpaired) electrons. The van der Waals surface area contributed by atoms with Crippen molar-refractivity contribution in [2.45, 2.75) is 13.0 Å². The summed E-state index contributed by atoms with van der Waals surface area (Å²) in [4.78, 5) is 40.0. The Hall–Kier alpha value is -4.40. The van der Waals surface area contributed by atoms with E-state index in [4.69, 9.17) is 20.5 Å². The van der Waals surface area contributed by atoms with Gasteiger partial charge in [-0.3, -0.25) is 9.78 Å². The number of anilines is 1. The molecule has 1 amide bonds. The van der Waals surface area contributed by atoms with E-state index in [0.717, 1.165) is 0 Å². The maximum atomic E-state index is 12.6. The van der Waals surface area contributed by atoms with Crippen LogP contribution in [0, 0.1) is 11.3 Å². The highest BCUT2D eigenvalue weighted by Gasteiger charge is 2.20. The van der Waals surface area contributed by atoms with Gasteiger partial charge in [0.2, 0.25) is 5.95 Å². The van der Waals surface area contributed by atoms with Gasteiger partial charge >= 0.3 is 5.97 Å². The van der Waals surface area contributed by atoms with Crippen LogP contribution in [0.3, 0.4) is 0 Å². The number of aromatic nitrogens is 3. The van der Waals surface area contributed by atoms with Crippen molar-refractivity contribution in [2.24, 2.45) is 5.73 Å². The molecule has 1 aliphatic heterocycles. The van der Waals surface area contributed by atoms with Gasteiger partial charge in [0.1, 0.15) is 5.56 Å². The molecule has 3 N–H and O–H groups in total. The first kappa shape index (κ1) is 25.7. The first-order valence-electron chi connectivity index (χ1n) is 11.9. The number of carbonyl (C=O) groups excluding carboxylic acids is 2. The van der Waals surface area contributed by atoms with Crippen LogP contribution in [0.1, 0.15) is 44.9 Å². The lowest BCUT2D eigenvalue weighted by Crippen LogP contribution is -2.40. The number of esters is 1. The first-order valence-corrected chi connectivity index (χ1v) is 11.9. The van der Waals surface area contributed by atoms with E-state index in [1.807, 2.05) is 0 Å². The highest BCUT2D eigenvalue weighted by atomic mass is 16.5. The SMILES string of the molecule is CCOC(=O)c1cnc(NCC(N)c2ccc(C(=O)N3CCOCC3)cn2)nc1-c1ccc(C#N)cc1. The molecule has 2 aromatic heterocycles. The summed E-state index contributed by atoms with van der Waals surface area (Å²) in [7, 11) is 0. The molecule has 1 saturated heterocycles. The third-order valence-electron chi connectivity index (χ3n) is 5.76. The van der Waals surface area contributed by atoms with Crippen LogP contribution in [0.5, 0.6) is 0 Å². The van der Waals surface area contributed by atoms with Gasteiger partial charge < -0.3 is 25.4 Å². The number of nitrogens with one attached hydrogen (secondary N) is 1. The van der Waals surface area contributed by atoms with Gasteiger partial charge in [0.25, 0.3) is 5.91 Å². The van der Waals surface area contributed by atoms with E-state index >= 15 is 0 Å². The number of nitriles is 1. The standard InChI is InChI=1S/C26H27N7O4/c1-2-37-25(35)20-15-30-26(32-23(20)18-5-3-17(13-27)4-6-18)31-16-21(28)22-8-7-19(14-29-22)24(34)33-9-11-36-12-10-33/h3-8,14-15,21H,2,9-12,16,28H2,1H3,(H,30,31,32). The average Bonchev–Trinajstić information content (AvgIpc) is 2.96. The second kappa shape index (κ2) is 12.0. The van der Waals surface area contributed by atoms with Gasteiger partial charge in [-0.1, -0.05) is 12.1 Å². The number of benzene rings is 1. The van der Waals surface area contributed by atoms with Crippen LogP contribution in [-0.4, -0.2) is 71.2 Å². The number of amides is 1. The average molecular weight is 502 g/mol. The summed E-state index contributed by atoms with van der Waals surface area (Å²) < 4.78 is 10.4. The molecule has 0 bridgehead atoms. The summed E-state index contributed by atoms with van der Waals surface area (Å²) in [6.45, 7) is 4.37. The Kier molecular flexibility index (Phi) is 8.35. The van der Waals surface area contributed by atoms with Crippen LogP contribution in [-0.2, 0) is 9.47 Å². The number of nitrogens with two attached hydrogens (primary N) is 1. The van der Waals surface area contributed by atoms with Crippen LogP contribution in [0.25, 0.3) is 11.3 Å². The van der Waals surface area contributed by atoms with Gasteiger partial charge in [-0.05, 0) is 31.2 Å². The van der Waals surface area contributed by atoms with E-state index in [2.05, 4.69) is 26.3 Å². The monoisotopic (exact) mass is 501 g/mol. The number of pyridine rings is 1. The zero-order chi connectivity index (χ0) is 26.2. The van der Waals surface area contributed by atoms with E-state index in [0.29, 0.717) is 54.4 Å². The van der Waals surface area contributed by atoms with Crippen molar-refractivity contribution in [3.63, 3.8) is 0 Å². The lowest BCUT2D eigenvalue weighted by atomic mass is 10.1. The quantitative estimate of drug-likeness (QED) is 0.438. The van der Waals surface area contributed by atoms with Crippen LogP contribution in [0.15, 0.2) is 48.8 Å². The summed E-state index contributed by atoms with van der Waals surface area (Å²) in [5.74, 6) is -0.359. The maximum Gasteiger partial charge on any atom is 0.341 e. The molecule has 1 unspecified atom stereocenters. The zero-order valence-corrected chi connectivity index (χ0v) is 20.4. The summed E-state index contributed by atoms with van der Waals surface area (Å²) in [6.07, 6.45) is 2.93. The summed E-state index contributed by atoms with van der Waals surface area (Å²) >= 11 is 0. The summed E-state index contributed by atoms with van der Waals surface area (Å²) in [5.41, 5.74) is 9.12. The summed E-state index contributed by atoms with van der Waals surface area (Å²) in [5, 5.41) is 12.2. The molecule has 0 saturated carbocycles. The number of hydrogen-bond acceptors (Lipinski definition) is 10. The lowest BCUT2D eigenvalue weighted by molar-refractivity contribution is 0.0302. The minimum absolute atomic E-state index is 0.0838. The van der Waals surface area contributed by atoms with E-state index < -0.39 is 12.0 Å². The molecule has 37 heavy (non-hydrogen) atoms. The number of ether oxygens (including phenoxy) is 2. The van der Waals surface area contributed by atoms with Crippen molar-refractivity contribution >= 4 is 17.8 Å². The van der Waals surface area contributed by atoms with E-state index in [1.54, 1.807) is 48.2 Å². The summed E-state index contributed by atoms with van der Waals surface area (Å²) in [6, 6.07) is 11.7. The molecule has 1 atom stereocenters. The number of nitrogens with zero attached hydrogens (tertiary/aromatic N) is 5. The van der Waals surface area contributed by atoms with Crippen molar-refractivity contribution in [1.82, 2.24) is 19.9 Å². The lowest BCUT2D eigenvalue weighted by Gasteiger charge is -2.26.